The number of hydrogen-bond acceptors (Lipinski definition) is 2. The Morgan fingerprint density at radius 2 is 1.87 bits per heavy atom. The third-order valence-electron chi connectivity index (χ3n) is 7.53. The van der Waals surface area contributed by atoms with Crippen LogP contribution in [-0.2, 0) is 0 Å². The summed E-state index contributed by atoms with van der Waals surface area (Å²) < 4.78 is 4.98. The number of allylic oxidation sites excluding steroid dienone is 9. The molecule has 1 aliphatic rings. The molecular weight excluding hydrogens is 492 g/mol. The first-order chi connectivity index (χ1) is 19.3. The number of pyridine rings is 1. The van der Waals surface area contributed by atoms with Gasteiger partial charge in [0.25, 0.3) is 0 Å². The molecule has 3 heteroatoms. The van der Waals surface area contributed by atoms with Crippen LogP contribution in [0.5, 0.6) is 0 Å². The molecular formula is C36H28N2S. The molecule has 39 heavy (non-hydrogen) atoms. The average Bonchev–Trinajstić information content (AvgIpc) is 3.53. The maximum Gasteiger partial charge on any atom is 0.0720 e. The zero-order valence-corrected chi connectivity index (χ0v) is 22.7. The van der Waals surface area contributed by atoms with Crippen molar-refractivity contribution < 1.29 is 0 Å². The molecule has 0 bridgehead atoms. The van der Waals surface area contributed by atoms with Crippen LogP contribution in [0.15, 0.2) is 122 Å². The summed E-state index contributed by atoms with van der Waals surface area (Å²) in [5.74, 6) is 0. The molecule has 0 aliphatic heterocycles. The molecule has 3 aromatic carbocycles. The summed E-state index contributed by atoms with van der Waals surface area (Å²) in [4.78, 5) is 4.81. The van der Waals surface area contributed by atoms with E-state index in [0.29, 0.717) is 0 Å². The van der Waals surface area contributed by atoms with Crippen LogP contribution in [0, 0.1) is 0 Å². The Hall–Kier alpha value is -4.47. The number of hydrogen-bond donors (Lipinski definition) is 0. The standard InChI is InChI=1S/C36H28N2S/c1-3-12-26(13-4-2)38-32-20-19-25(24-14-6-5-7-15-24)22-28(32)29-23-30(31-17-10-11-21-37-31)34-27-16-8-9-18-33(27)39-36(34)35(29)38/h3-4,6,8-23H,1,5,7H2,2H3/b13-4-,26-12+. The van der Waals surface area contributed by atoms with Gasteiger partial charge in [-0.05, 0) is 79.5 Å². The van der Waals surface area contributed by atoms with Gasteiger partial charge in [-0.1, -0.05) is 67.3 Å². The van der Waals surface area contributed by atoms with E-state index < -0.39 is 0 Å². The third-order valence-corrected chi connectivity index (χ3v) is 8.71. The van der Waals surface area contributed by atoms with Crippen LogP contribution in [0.1, 0.15) is 25.3 Å². The molecule has 0 saturated carbocycles. The second-order valence-electron chi connectivity index (χ2n) is 9.87. The average molecular weight is 521 g/mol. The third kappa shape index (κ3) is 3.81. The fraction of sp³-hybridized carbons (Fsp3) is 0.0833. The van der Waals surface area contributed by atoms with Crippen LogP contribution in [0.4, 0.5) is 0 Å². The van der Waals surface area contributed by atoms with Crippen LogP contribution in [0.3, 0.4) is 0 Å². The summed E-state index contributed by atoms with van der Waals surface area (Å²) in [7, 11) is 0. The van der Waals surface area contributed by atoms with E-state index in [1.54, 1.807) is 0 Å². The van der Waals surface area contributed by atoms with E-state index in [1.807, 2.05) is 29.7 Å². The summed E-state index contributed by atoms with van der Waals surface area (Å²) in [5.41, 5.74) is 8.26. The highest BCUT2D eigenvalue weighted by molar-refractivity contribution is 7.26. The van der Waals surface area contributed by atoms with Crippen molar-refractivity contribution in [3.05, 3.63) is 128 Å². The van der Waals surface area contributed by atoms with Crippen molar-refractivity contribution in [2.45, 2.75) is 19.8 Å². The maximum absolute atomic E-state index is 4.81. The van der Waals surface area contributed by atoms with E-state index in [0.717, 1.165) is 24.2 Å². The molecule has 0 N–H and O–H groups in total. The van der Waals surface area contributed by atoms with Gasteiger partial charge in [0.2, 0.25) is 0 Å². The number of fused-ring (bicyclic) bond motifs is 7. The summed E-state index contributed by atoms with van der Waals surface area (Å²) in [6, 6.07) is 24.2. The zero-order valence-electron chi connectivity index (χ0n) is 21.9. The molecule has 3 heterocycles. The fourth-order valence-corrected chi connectivity index (χ4v) is 7.14. The molecule has 1 aliphatic carbocycles. The first kappa shape index (κ1) is 23.6. The summed E-state index contributed by atoms with van der Waals surface area (Å²) in [6.45, 7) is 6.10. The molecule has 0 amide bonds. The van der Waals surface area contributed by atoms with Gasteiger partial charge in [0.15, 0.2) is 0 Å². The lowest BCUT2D eigenvalue weighted by Crippen LogP contribution is -1.95. The lowest BCUT2D eigenvalue weighted by Gasteiger charge is -2.11. The normalized spacial score (nSPS) is 14.3. The Morgan fingerprint density at radius 3 is 2.67 bits per heavy atom. The molecule has 0 unspecified atom stereocenters. The minimum atomic E-state index is 0.998. The van der Waals surface area contributed by atoms with Gasteiger partial charge in [-0.25, -0.2) is 0 Å². The molecule has 2 nitrogen and oxygen atoms in total. The highest BCUT2D eigenvalue weighted by Gasteiger charge is 2.22. The Labute approximate surface area is 232 Å². The molecule has 188 valence electrons. The molecule has 0 saturated heterocycles. The monoisotopic (exact) mass is 520 g/mol. The predicted molar refractivity (Wildman–Crippen MR) is 171 cm³/mol. The second kappa shape index (κ2) is 9.68. The molecule has 0 atom stereocenters. The van der Waals surface area contributed by atoms with E-state index in [-0.39, 0.29) is 0 Å². The molecule has 0 fully saturated rings. The highest BCUT2D eigenvalue weighted by Crippen LogP contribution is 2.47. The minimum absolute atomic E-state index is 0.998. The van der Waals surface area contributed by atoms with E-state index in [9.17, 15) is 0 Å². The van der Waals surface area contributed by atoms with Crippen LogP contribution < -0.4 is 0 Å². The van der Waals surface area contributed by atoms with Crippen molar-refractivity contribution in [3.63, 3.8) is 0 Å². The van der Waals surface area contributed by atoms with Gasteiger partial charge in [0, 0.05) is 43.7 Å². The Bertz CT molecular complexity index is 2030. The van der Waals surface area contributed by atoms with Crippen molar-refractivity contribution >= 4 is 64.6 Å². The van der Waals surface area contributed by atoms with Crippen molar-refractivity contribution in [1.82, 2.24) is 9.55 Å². The number of thiophene rings is 1. The van der Waals surface area contributed by atoms with Crippen LogP contribution >= 0.6 is 11.3 Å². The second-order valence-corrected chi connectivity index (χ2v) is 10.9. The molecule has 0 spiro atoms. The minimum Gasteiger partial charge on any atom is -0.308 e. The van der Waals surface area contributed by atoms with E-state index >= 15 is 0 Å². The van der Waals surface area contributed by atoms with Crippen molar-refractivity contribution in [2.75, 3.05) is 0 Å². The number of nitrogens with zero attached hydrogens (tertiary/aromatic N) is 2. The summed E-state index contributed by atoms with van der Waals surface area (Å²) in [6.07, 6.45) is 19.2. The molecule has 6 aromatic rings. The Kier molecular flexibility index (Phi) is 5.87. The molecule has 0 radical (unpaired) electrons. The van der Waals surface area contributed by atoms with Crippen molar-refractivity contribution in [3.8, 4) is 11.3 Å². The van der Waals surface area contributed by atoms with Crippen molar-refractivity contribution in [1.29, 1.82) is 0 Å². The zero-order chi connectivity index (χ0) is 26.3. The van der Waals surface area contributed by atoms with Gasteiger partial charge < -0.3 is 4.57 Å². The van der Waals surface area contributed by atoms with Gasteiger partial charge >= 0.3 is 0 Å². The van der Waals surface area contributed by atoms with Gasteiger partial charge in [0.1, 0.15) is 0 Å². The van der Waals surface area contributed by atoms with Crippen LogP contribution in [0.25, 0.3) is 64.5 Å². The van der Waals surface area contributed by atoms with E-state index in [2.05, 4.69) is 115 Å². The van der Waals surface area contributed by atoms with E-state index in [4.69, 9.17) is 4.98 Å². The summed E-state index contributed by atoms with van der Waals surface area (Å²) >= 11 is 1.87. The smallest absolute Gasteiger partial charge is 0.0720 e. The highest BCUT2D eigenvalue weighted by atomic mass is 32.1. The largest absolute Gasteiger partial charge is 0.308 e. The number of rotatable bonds is 5. The van der Waals surface area contributed by atoms with E-state index in [1.165, 1.54) is 58.7 Å². The quantitative estimate of drug-likeness (QED) is 0.207. The van der Waals surface area contributed by atoms with Crippen molar-refractivity contribution in [2.24, 2.45) is 0 Å². The molecule has 7 rings (SSSR count). The van der Waals surface area contributed by atoms with Gasteiger partial charge in [-0.15, -0.1) is 11.3 Å². The lowest BCUT2D eigenvalue weighted by molar-refractivity contribution is 1.04. The SMILES string of the molecule is C=C/C=C(\C=C/C)n1c2ccc(C3=CCCC=C3)cc2c2cc(-c3ccccn3)c3c4ccccc4sc3c21. The topological polar surface area (TPSA) is 17.8 Å². The lowest BCUT2D eigenvalue weighted by atomic mass is 9.96. The van der Waals surface area contributed by atoms with Gasteiger partial charge in [0.05, 0.1) is 21.4 Å². The van der Waals surface area contributed by atoms with Crippen LogP contribution in [-0.4, -0.2) is 9.55 Å². The first-order valence-electron chi connectivity index (χ1n) is 13.4. The predicted octanol–water partition coefficient (Wildman–Crippen LogP) is 10.6. The fourth-order valence-electron chi connectivity index (χ4n) is 5.88. The van der Waals surface area contributed by atoms with Gasteiger partial charge in [-0.2, -0.15) is 0 Å². The Morgan fingerprint density at radius 1 is 0.974 bits per heavy atom. The van der Waals surface area contributed by atoms with Gasteiger partial charge in [-0.3, -0.25) is 4.98 Å². The number of aromatic nitrogens is 2. The maximum atomic E-state index is 4.81. The van der Waals surface area contributed by atoms with Crippen LogP contribution in [0.2, 0.25) is 0 Å². The Balaban J connectivity index is 1.70. The number of benzene rings is 3. The summed E-state index contributed by atoms with van der Waals surface area (Å²) in [5, 5.41) is 5.03. The molecule has 3 aromatic heterocycles. The first-order valence-corrected chi connectivity index (χ1v) is 14.3.